The molecule has 1 aliphatic heterocycles. The topological polar surface area (TPSA) is 15.3 Å². The summed E-state index contributed by atoms with van der Waals surface area (Å²) in [6.45, 7) is 14.2. The van der Waals surface area contributed by atoms with E-state index in [-0.39, 0.29) is 0 Å². The first-order chi connectivity index (χ1) is 8.11. The SMILES string of the molecule is CC(C)CNCC(C)C(C)N1CCCSCC1. The minimum atomic E-state index is 0.716. The lowest BCUT2D eigenvalue weighted by Crippen LogP contribution is -2.42. The van der Waals surface area contributed by atoms with Crippen molar-refractivity contribution in [2.24, 2.45) is 11.8 Å². The second kappa shape index (κ2) is 8.39. The van der Waals surface area contributed by atoms with E-state index in [1.165, 1.54) is 31.0 Å². The first-order valence-corrected chi connectivity index (χ1v) is 8.29. The third-order valence-corrected chi connectivity index (χ3v) is 4.72. The molecule has 1 heterocycles. The highest BCUT2D eigenvalue weighted by Gasteiger charge is 2.20. The van der Waals surface area contributed by atoms with E-state index in [2.05, 4.69) is 49.7 Å². The largest absolute Gasteiger partial charge is 0.316 e. The van der Waals surface area contributed by atoms with E-state index in [9.17, 15) is 0 Å². The molecule has 0 aliphatic carbocycles. The number of hydrogen-bond donors (Lipinski definition) is 1. The van der Waals surface area contributed by atoms with E-state index in [4.69, 9.17) is 0 Å². The zero-order valence-corrected chi connectivity index (χ0v) is 12.9. The Balaban J connectivity index is 2.26. The van der Waals surface area contributed by atoms with Crippen LogP contribution in [-0.2, 0) is 0 Å². The van der Waals surface area contributed by atoms with Gasteiger partial charge in [0.25, 0.3) is 0 Å². The van der Waals surface area contributed by atoms with Crippen LogP contribution in [0.3, 0.4) is 0 Å². The van der Waals surface area contributed by atoms with Crippen LogP contribution in [0.4, 0.5) is 0 Å². The van der Waals surface area contributed by atoms with Crippen molar-refractivity contribution in [1.29, 1.82) is 0 Å². The van der Waals surface area contributed by atoms with Gasteiger partial charge in [0.05, 0.1) is 0 Å². The maximum atomic E-state index is 3.59. The molecular weight excluding hydrogens is 228 g/mol. The summed E-state index contributed by atoms with van der Waals surface area (Å²) in [5.74, 6) is 4.17. The third kappa shape index (κ3) is 6.12. The Morgan fingerprint density at radius 3 is 2.53 bits per heavy atom. The fraction of sp³-hybridized carbons (Fsp3) is 1.00. The maximum Gasteiger partial charge on any atom is 0.0105 e. The van der Waals surface area contributed by atoms with E-state index in [0.29, 0.717) is 6.04 Å². The van der Waals surface area contributed by atoms with Crippen LogP contribution in [0.25, 0.3) is 0 Å². The van der Waals surface area contributed by atoms with Crippen molar-refractivity contribution in [3.8, 4) is 0 Å². The van der Waals surface area contributed by atoms with Crippen molar-refractivity contribution in [2.75, 3.05) is 37.7 Å². The molecule has 0 amide bonds. The summed E-state index contributed by atoms with van der Waals surface area (Å²) in [5, 5.41) is 3.59. The molecule has 0 spiro atoms. The Kier molecular flexibility index (Phi) is 7.56. The minimum Gasteiger partial charge on any atom is -0.316 e. The molecule has 17 heavy (non-hydrogen) atoms. The fourth-order valence-corrected chi connectivity index (χ4v) is 3.20. The summed E-state index contributed by atoms with van der Waals surface area (Å²) < 4.78 is 0. The average Bonchev–Trinajstić information content (AvgIpc) is 2.55. The number of hydrogen-bond acceptors (Lipinski definition) is 3. The molecule has 1 saturated heterocycles. The van der Waals surface area contributed by atoms with Crippen LogP contribution >= 0.6 is 11.8 Å². The summed E-state index contributed by atoms with van der Waals surface area (Å²) in [5.41, 5.74) is 0. The second-order valence-electron chi connectivity index (χ2n) is 5.77. The molecule has 1 rings (SSSR count). The van der Waals surface area contributed by atoms with Crippen molar-refractivity contribution in [2.45, 2.75) is 40.2 Å². The summed E-state index contributed by atoms with van der Waals surface area (Å²) in [4.78, 5) is 2.68. The molecule has 1 fully saturated rings. The molecule has 3 heteroatoms. The van der Waals surface area contributed by atoms with Gasteiger partial charge in [-0.15, -0.1) is 0 Å². The van der Waals surface area contributed by atoms with Gasteiger partial charge in [-0.1, -0.05) is 20.8 Å². The first kappa shape index (κ1) is 15.3. The summed E-state index contributed by atoms with van der Waals surface area (Å²) in [6.07, 6.45) is 1.36. The Hall–Kier alpha value is 0.270. The number of nitrogens with zero attached hydrogens (tertiary/aromatic N) is 1. The van der Waals surface area contributed by atoms with Gasteiger partial charge >= 0.3 is 0 Å². The van der Waals surface area contributed by atoms with E-state index < -0.39 is 0 Å². The molecule has 0 bridgehead atoms. The zero-order valence-electron chi connectivity index (χ0n) is 12.0. The van der Waals surface area contributed by atoms with Gasteiger partial charge in [-0.25, -0.2) is 0 Å². The van der Waals surface area contributed by atoms with Gasteiger partial charge in [0.1, 0.15) is 0 Å². The monoisotopic (exact) mass is 258 g/mol. The molecule has 0 radical (unpaired) electrons. The van der Waals surface area contributed by atoms with Gasteiger partial charge in [0.2, 0.25) is 0 Å². The number of nitrogens with one attached hydrogen (secondary N) is 1. The molecule has 1 N–H and O–H groups in total. The highest BCUT2D eigenvalue weighted by Crippen LogP contribution is 2.16. The fourth-order valence-electron chi connectivity index (χ4n) is 2.30. The lowest BCUT2D eigenvalue weighted by atomic mass is 10.0. The van der Waals surface area contributed by atoms with Crippen molar-refractivity contribution in [3.05, 3.63) is 0 Å². The van der Waals surface area contributed by atoms with Crippen LogP contribution < -0.4 is 5.32 Å². The zero-order chi connectivity index (χ0) is 12.7. The van der Waals surface area contributed by atoms with Crippen molar-refractivity contribution < 1.29 is 0 Å². The summed E-state index contributed by atoms with van der Waals surface area (Å²) in [6, 6.07) is 0.716. The lowest BCUT2D eigenvalue weighted by molar-refractivity contribution is 0.171. The summed E-state index contributed by atoms with van der Waals surface area (Å²) in [7, 11) is 0. The molecule has 2 nitrogen and oxygen atoms in total. The Morgan fingerprint density at radius 2 is 1.82 bits per heavy atom. The molecule has 0 aromatic carbocycles. The average molecular weight is 258 g/mol. The predicted molar refractivity (Wildman–Crippen MR) is 79.8 cm³/mol. The van der Waals surface area contributed by atoms with Crippen LogP contribution in [0.5, 0.6) is 0 Å². The van der Waals surface area contributed by atoms with E-state index in [1.807, 2.05) is 0 Å². The highest BCUT2D eigenvalue weighted by atomic mass is 32.2. The third-order valence-electron chi connectivity index (χ3n) is 3.68. The Morgan fingerprint density at radius 1 is 1.06 bits per heavy atom. The molecule has 1 aliphatic rings. The van der Waals surface area contributed by atoms with Gasteiger partial charge in [0.15, 0.2) is 0 Å². The standard InChI is InChI=1S/C14H30N2S/c1-12(2)10-15-11-13(3)14(4)16-6-5-8-17-9-7-16/h12-15H,5-11H2,1-4H3. The quantitative estimate of drug-likeness (QED) is 0.788. The smallest absolute Gasteiger partial charge is 0.0105 e. The normalized spacial score (nSPS) is 22.4. The molecule has 0 aromatic rings. The van der Waals surface area contributed by atoms with Crippen LogP contribution in [-0.4, -0.2) is 48.6 Å². The van der Waals surface area contributed by atoms with Crippen molar-refractivity contribution in [1.82, 2.24) is 10.2 Å². The number of thioether (sulfide) groups is 1. The van der Waals surface area contributed by atoms with Crippen LogP contribution in [0.2, 0.25) is 0 Å². The Labute approximate surface area is 112 Å². The van der Waals surface area contributed by atoms with Crippen LogP contribution in [0.15, 0.2) is 0 Å². The molecule has 102 valence electrons. The molecule has 0 aromatic heterocycles. The predicted octanol–water partition coefficient (Wildman–Crippen LogP) is 2.70. The highest BCUT2D eigenvalue weighted by molar-refractivity contribution is 7.99. The van der Waals surface area contributed by atoms with Crippen molar-refractivity contribution >= 4 is 11.8 Å². The van der Waals surface area contributed by atoms with Crippen LogP contribution in [0, 0.1) is 11.8 Å². The van der Waals surface area contributed by atoms with Gasteiger partial charge in [-0.2, -0.15) is 11.8 Å². The number of rotatable bonds is 6. The van der Waals surface area contributed by atoms with E-state index >= 15 is 0 Å². The van der Waals surface area contributed by atoms with Gasteiger partial charge in [-0.05, 0) is 50.6 Å². The van der Waals surface area contributed by atoms with Gasteiger partial charge < -0.3 is 5.32 Å². The van der Waals surface area contributed by atoms with Gasteiger partial charge in [0, 0.05) is 18.3 Å². The molecule has 0 saturated carbocycles. The van der Waals surface area contributed by atoms with Gasteiger partial charge in [-0.3, -0.25) is 4.90 Å². The molecular formula is C14H30N2S. The maximum absolute atomic E-state index is 3.59. The van der Waals surface area contributed by atoms with Crippen molar-refractivity contribution in [3.63, 3.8) is 0 Å². The van der Waals surface area contributed by atoms with Crippen LogP contribution in [0.1, 0.15) is 34.1 Å². The summed E-state index contributed by atoms with van der Waals surface area (Å²) >= 11 is 2.11. The lowest BCUT2D eigenvalue weighted by Gasteiger charge is -2.32. The molecule has 2 atom stereocenters. The van der Waals surface area contributed by atoms with E-state index in [1.54, 1.807) is 0 Å². The Bertz CT molecular complexity index is 189. The minimum absolute atomic E-state index is 0.716. The second-order valence-corrected chi connectivity index (χ2v) is 7.00. The first-order valence-electron chi connectivity index (χ1n) is 7.13. The van der Waals surface area contributed by atoms with E-state index in [0.717, 1.165) is 24.9 Å². The molecule has 2 unspecified atom stereocenters.